The average molecular weight is 180 g/mol. The summed E-state index contributed by atoms with van der Waals surface area (Å²) in [6.07, 6.45) is 0.418. The number of amides is 1. The summed E-state index contributed by atoms with van der Waals surface area (Å²) in [5.74, 6) is 0. The summed E-state index contributed by atoms with van der Waals surface area (Å²) in [7, 11) is 0. The Morgan fingerprint density at radius 1 is 1.54 bits per heavy atom. The molecule has 0 aliphatic rings. The molecule has 5 nitrogen and oxygen atoms in total. The molecule has 0 heterocycles. The van der Waals surface area contributed by atoms with Gasteiger partial charge < -0.3 is 5.32 Å². The Bertz CT molecular complexity index is 349. The normalized spacial score (nSPS) is 9.31. The van der Waals surface area contributed by atoms with Gasteiger partial charge in [-0.25, -0.2) is 0 Å². The molecule has 0 atom stereocenters. The Morgan fingerprint density at radius 2 is 2.23 bits per heavy atom. The number of hydrogen-bond acceptors (Lipinski definition) is 3. The van der Waals surface area contributed by atoms with Crippen molar-refractivity contribution in [2.24, 2.45) is 0 Å². The number of anilines is 1. The lowest BCUT2D eigenvalue weighted by molar-refractivity contribution is -0.383. The van der Waals surface area contributed by atoms with Crippen molar-refractivity contribution in [1.82, 2.24) is 0 Å². The van der Waals surface area contributed by atoms with Gasteiger partial charge in [0.25, 0.3) is 5.69 Å². The molecular formula is C8H8N2O3. The first-order chi connectivity index (χ1) is 6.15. The van der Waals surface area contributed by atoms with Crippen LogP contribution in [0.5, 0.6) is 0 Å². The molecule has 0 unspecified atom stereocenters. The van der Waals surface area contributed by atoms with E-state index in [0.717, 1.165) is 5.56 Å². The summed E-state index contributed by atoms with van der Waals surface area (Å²) in [5, 5.41) is 12.7. The minimum absolute atomic E-state index is 0.0994. The Balaban J connectivity index is 3.17. The average Bonchev–Trinajstić information content (AvgIpc) is 2.04. The van der Waals surface area contributed by atoms with Crippen molar-refractivity contribution in [3.05, 3.63) is 33.9 Å². The quantitative estimate of drug-likeness (QED) is 0.435. The first-order valence-electron chi connectivity index (χ1n) is 3.60. The van der Waals surface area contributed by atoms with Gasteiger partial charge in [-0.05, 0) is 18.6 Å². The fourth-order valence-corrected chi connectivity index (χ4v) is 0.988. The predicted octanol–water partition coefficient (Wildman–Crippen LogP) is 1.47. The molecule has 0 aliphatic heterocycles. The Hall–Kier alpha value is -1.91. The van der Waals surface area contributed by atoms with Crippen LogP contribution in [0, 0.1) is 17.0 Å². The number of nitro groups is 1. The summed E-state index contributed by atoms with van der Waals surface area (Å²) in [4.78, 5) is 20.0. The molecular weight excluding hydrogens is 172 g/mol. The first-order valence-corrected chi connectivity index (χ1v) is 3.60. The van der Waals surface area contributed by atoms with Crippen LogP contribution in [0.3, 0.4) is 0 Å². The predicted molar refractivity (Wildman–Crippen MR) is 47.5 cm³/mol. The molecule has 0 spiro atoms. The molecule has 0 saturated heterocycles. The van der Waals surface area contributed by atoms with E-state index >= 15 is 0 Å². The zero-order valence-electron chi connectivity index (χ0n) is 6.98. The molecule has 0 aromatic heterocycles. The number of carbonyl (C=O) groups is 1. The highest BCUT2D eigenvalue weighted by Crippen LogP contribution is 2.24. The zero-order chi connectivity index (χ0) is 9.84. The molecule has 1 aromatic rings. The monoisotopic (exact) mass is 180 g/mol. The first kappa shape index (κ1) is 9.18. The van der Waals surface area contributed by atoms with Gasteiger partial charge >= 0.3 is 0 Å². The van der Waals surface area contributed by atoms with Crippen LogP contribution in [0.25, 0.3) is 0 Å². The van der Waals surface area contributed by atoms with Crippen molar-refractivity contribution in [3.8, 4) is 0 Å². The van der Waals surface area contributed by atoms with Gasteiger partial charge in [0.05, 0.1) is 4.92 Å². The van der Waals surface area contributed by atoms with Crippen LogP contribution in [0.2, 0.25) is 0 Å². The number of nitro benzene ring substituents is 1. The van der Waals surface area contributed by atoms with Crippen molar-refractivity contribution in [1.29, 1.82) is 0 Å². The molecule has 1 N–H and O–H groups in total. The Labute approximate surface area is 74.5 Å². The van der Waals surface area contributed by atoms with Crippen LogP contribution in [0.4, 0.5) is 11.4 Å². The van der Waals surface area contributed by atoms with Gasteiger partial charge in [-0.1, -0.05) is 6.07 Å². The van der Waals surface area contributed by atoms with Crippen molar-refractivity contribution in [3.63, 3.8) is 0 Å². The largest absolute Gasteiger partial charge is 0.323 e. The van der Waals surface area contributed by atoms with E-state index in [1.165, 1.54) is 6.07 Å². The van der Waals surface area contributed by atoms with E-state index in [0.29, 0.717) is 6.41 Å². The van der Waals surface area contributed by atoms with Crippen LogP contribution in [0.1, 0.15) is 5.56 Å². The zero-order valence-corrected chi connectivity index (χ0v) is 6.98. The minimum atomic E-state index is -0.536. The molecule has 0 saturated carbocycles. The van der Waals surface area contributed by atoms with Crippen LogP contribution < -0.4 is 5.32 Å². The van der Waals surface area contributed by atoms with Crippen molar-refractivity contribution >= 4 is 17.8 Å². The maximum atomic E-state index is 10.5. The molecule has 5 heteroatoms. The van der Waals surface area contributed by atoms with Gasteiger partial charge in [0.15, 0.2) is 0 Å². The number of aryl methyl sites for hydroxylation is 1. The molecule has 0 radical (unpaired) electrons. The van der Waals surface area contributed by atoms with Gasteiger partial charge in [0.1, 0.15) is 5.69 Å². The van der Waals surface area contributed by atoms with Gasteiger partial charge in [0, 0.05) is 6.07 Å². The van der Waals surface area contributed by atoms with Gasteiger partial charge in [0.2, 0.25) is 6.41 Å². The molecule has 13 heavy (non-hydrogen) atoms. The third-order valence-electron chi connectivity index (χ3n) is 1.56. The molecule has 1 aromatic carbocycles. The lowest BCUT2D eigenvalue weighted by Gasteiger charge is -2.01. The van der Waals surface area contributed by atoms with Crippen molar-refractivity contribution in [2.45, 2.75) is 6.92 Å². The topological polar surface area (TPSA) is 72.2 Å². The second-order valence-corrected chi connectivity index (χ2v) is 2.54. The highest BCUT2D eigenvalue weighted by molar-refractivity contribution is 5.77. The van der Waals surface area contributed by atoms with E-state index in [1.807, 2.05) is 0 Å². The summed E-state index contributed by atoms with van der Waals surface area (Å²) in [5.41, 5.74) is 0.979. The smallest absolute Gasteiger partial charge is 0.292 e. The summed E-state index contributed by atoms with van der Waals surface area (Å²) in [6.45, 7) is 1.79. The van der Waals surface area contributed by atoms with Crippen molar-refractivity contribution < 1.29 is 9.72 Å². The van der Waals surface area contributed by atoms with Gasteiger partial charge in [-0.3, -0.25) is 14.9 Å². The lowest BCUT2D eigenvalue weighted by atomic mass is 10.2. The molecule has 0 bridgehead atoms. The van der Waals surface area contributed by atoms with E-state index in [-0.39, 0.29) is 11.4 Å². The van der Waals surface area contributed by atoms with Gasteiger partial charge in [-0.15, -0.1) is 0 Å². The van der Waals surface area contributed by atoms with E-state index in [9.17, 15) is 14.9 Å². The molecule has 1 amide bonds. The minimum Gasteiger partial charge on any atom is -0.323 e. The van der Waals surface area contributed by atoms with E-state index in [1.54, 1.807) is 19.1 Å². The van der Waals surface area contributed by atoms with Crippen LogP contribution in [0.15, 0.2) is 18.2 Å². The summed E-state index contributed by atoms with van der Waals surface area (Å²) in [6, 6.07) is 4.53. The van der Waals surface area contributed by atoms with Crippen LogP contribution >= 0.6 is 0 Å². The summed E-state index contributed by atoms with van der Waals surface area (Å²) < 4.78 is 0. The Kier molecular flexibility index (Phi) is 2.59. The van der Waals surface area contributed by atoms with Crippen molar-refractivity contribution in [2.75, 3.05) is 5.32 Å². The van der Waals surface area contributed by atoms with E-state index in [4.69, 9.17) is 0 Å². The molecule has 68 valence electrons. The third kappa shape index (κ3) is 2.02. The standard InChI is InChI=1S/C8H8N2O3/c1-6-2-3-8(10(12)13)7(4-6)9-5-11/h2-5H,1H3,(H,9,11). The molecule has 0 aliphatic carbocycles. The second kappa shape index (κ2) is 3.66. The SMILES string of the molecule is Cc1ccc([N+](=O)[O-])c(NC=O)c1. The number of nitrogens with one attached hydrogen (secondary N) is 1. The van der Waals surface area contributed by atoms with E-state index < -0.39 is 4.92 Å². The summed E-state index contributed by atoms with van der Waals surface area (Å²) >= 11 is 0. The molecule has 0 fully saturated rings. The second-order valence-electron chi connectivity index (χ2n) is 2.54. The Morgan fingerprint density at radius 3 is 2.77 bits per heavy atom. The van der Waals surface area contributed by atoms with Crippen LogP contribution in [-0.4, -0.2) is 11.3 Å². The van der Waals surface area contributed by atoms with Gasteiger partial charge in [-0.2, -0.15) is 0 Å². The van der Waals surface area contributed by atoms with Crippen LogP contribution in [-0.2, 0) is 4.79 Å². The fraction of sp³-hybridized carbons (Fsp3) is 0.125. The molecule has 1 rings (SSSR count). The maximum absolute atomic E-state index is 10.5. The number of rotatable bonds is 3. The number of nitrogens with zero attached hydrogens (tertiary/aromatic N) is 1. The number of hydrogen-bond donors (Lipinski definition) is 1. The number of benzene rings is 1. The number of carbonyl (C=O) groups excluding carboxylic acids is 1. The lowest BCUT2D eigenvalue weighted by Crippen LogP contribution is -1.99. The maximum Gasteiger partial charge on any atom is 0.292 e. The fourth-order valence-electron chi connectivity index (χ4n) is 0.988. The third-order valence-corrected chi connectivity index (χ3v) is 1.56. The highest BCUT2D eigenvalue weighted by Gasteiger charge is 2.11. The highest BCUT2D eigenvalue weighted by atomic mass is 16.6. The van der Waals surface area contributed by atoms with E-state index in [2.05, 4.69) is 5.32 Å².